The number of rotatable bonds is 4. The third kappa shape index (κ3) is 2.33. The summed E-state index contributed by atoms with van der Waals surface area (Å²) in [5.41, 5.74) is 1.02. The molecule has 1 aromatic carbocycles. The highest BCUT2D eigenvalue weighted by molar-refractivity contribution is 5.81. The molecule has 7 nitrogen and oxygen atoms in total. The fraction of sp³-hybridized carbons (Fsp3) is 0.214. The lowest BCUT2D eigenvalue weighted by atomic mass is 10.2. The van der Waals surface area contributed by atoms with Crippen LogP contribution in [0.25, 0.3) is 10.9 Å². The summed E-state index contributed by atoms with van der Waals surface area (Å²) in [5, 5.41) is 4.24. The monoisotopic (exact) mass is 287 g/mol. The van der Waals surface area contributed by atoms with Gasteiger partial charge in [-0.05, 0) is 6.07 Å². The molecule has 0 atom stereocenters. The Morgan fingerprint density at radius 1 is 1.24 bits per heavy atom. The van der Waals surface area contributed by atoms with E-state index in [-0.39, 0.29) is 5.56 Å². The van der Waals surface area contributed by atoms with Gasteiger partial charge in [0.25, 0.3) is 5.56 Å². The zero-order chi connectivity index (χ0) is 14.8. The Morgan fingerprint density at radius 2 is 2.00 bits per heavy atom. The summed E-state index contributed by atoms with van der Waals surface area (Å²) in [4.78, 5) is 16.8. The van der Waals surface area contributed by atoms with Crippen molar-refractivity contribution in [2.45, 2.75) is 6.54 Å². The predicted octanol–water partition coefficient (Wildman–Crippen LogP) is 1.45. The lowest BCUT2D eigenvalue weighted by Crippen LogP contribution is -2.21. The van der Waals surface area contributed by atoms with E-state index in [0.717, 1.165) is 0 Å². The Labute approximate surface area is 119 Å². The number of fused-ring (bicyclic) bond motifs is 1. The molecule has 0 unspecified atom stereocenters. The number of nitrogens with zero attached hydrogens (tertiary/aromatic N) is 3. The Balaban J connectivity index is 2.13. The molecule has 0 saturated heterocycles. The van der Waals surface area contributed by atoms with Crippen LogP contribution in [0.3, 0.4) is 0 Å². The minimum Gasteiger partial charge on any atom is -0.493 e. The van der Waals surface area contributed by atoms with Gasteiger partial charge in [-0.2, -0.15) is 0 Å². The number of methoxy groups -OCH3 is 2. The molecular formula is C14H13N3O4. The fourth-order valence-electron chi connectivity index (χ4n) is 2.09. The molecular weight excluding hydrogens is 274 g/mol. The summed E-state index contributed by atoms with van der Waals surface area (Å²) < 4.78 is 16.6. The first kappa shape index (κ1) is 13.2. The second kappa shape index (κ2) is 5.28. The van der Waals surface area contributed by atoms with Crippen molar-refractivity contribution in [3.8, 4) is 11.5 Å². The van der Waals surface area contributed by atoms with E-state index in [0.29, 0.717) is 34.6 Å². The van der Waals surface area contributed by atoms with Crippen molar-refractivity contribution in [3.63, 3.8) is 0 Å². The Bertz CT molecular complexity index is 824. The molecule has 0 amide bonds. The molecule has 3 aromatic rings. The topological polar surface area (TPSA) is 79.4 Å². The van der Waals surface area contributed by atoms with Crippen molar-refractivity contribution in [3.05, 3.63) is 46.8 Å². The molecule has 0 aliphatic rings. The first-order chi connectivity index (χ1) is 10.2. The quantitative estimate of drug-likeness (QED) is 0.722. The van der Waals surface area contributed by atoms with Crippen molar-refractivity contribution in [1.29, 1.82) is 0 Å². The van der Waals surface area contributed by atoms with Gasteiger partial charge in [0, 0.05) is 12.1 Å². The van der Waals surface area contributed by atoms with E-state index in [9.17, 15) is 4.79 Å². The van der Waals surface area contributed by atoms with Gasteiger partial charge in [0.1, 0.15) is 12.0 Å². The third-order valence-corrected chi connectivity index (χ3v) is 3.15. The van der Waals surface area contributed by atoms with Gasteiger partial charge in [0.2, 0.25) is 0 Å². The second-order valence-corrected chi connectivity index (χ2v) is 4.39. The van der Waals surface area contributed by atoms with Crippen LogP contribution >= 0.6 is 0 Å². The van der Waals surface area contributed by atoms with Crippen LogP contribution in [0.2, 0.25) is 0 Å². The molecule has 7 heteroatoms. The molecule has 0 N–H and O–H groups in total. The van der Waals surface area contributed by atoms with Gasteiger partial charge in [-0.1, -0.05) is 5.16 Å². The number of hydrogen-bond acceptors (Lipinski definition) is 6. The average molecular weight is 287 g/mol. The molecule has 0 fully saturated rings. The van der Waals surface area contributed by atoms with Crippen LogP contribution in [0.15, 0.2) is 40.1 Å². The van der Waals surface area contributed by atoms with Crippen LogP contribution < -0.4 is 15.0 Å². The molecule has 0 saturated carbocycles. The number of aromatic nitrogens is 3. The molecule has 3 rings (SSSR count). The summed E-state index contributed by atoms with van der Waals surface area (Å²) in [5.74, 6) is 1.02. The van der Waals surface area contributed by atoms with Gasteiger partial charge < -0.3 is 14.0 Å². The number of hydrogen-bond donors (Lipinski definition) is 0. The van der Waals surface area contributed by atoms with Gasteiger partial charge in [0.15, 0.2) is 11.5 Å². The van der Waals surface area contributed by atoms with E-state index in [2.05, 4.69) is 10.1 Å². The molecule has 21 heavy (non-hydrogen) atoms. The van der Waals surface area contributed by atoms with Crippen molar-refractivity contribution < 1.29 is 14.0 Å². The summed E-state index contributed by atoms with van der Waals surface area (Å²) >= 11 is 0. The maximum absolute atomic E-state index is 12.5. The third-order valence-electron chi connectivity index (χ3n) is 3.15. The van der Waals surface area contributed by atoms with Crippen LogP contribution in [0, 0.1) is 0 Å². The van der Waals surface area contributed by atoms with Crippen molar-refractivity contribution in [2.24, 2.45) is 0 Å². The highest BCUT2D eigenvalue weighted by Gasteiger charge is 2.11. The standard InChI is InChI=1S/C14H13N3O4/c1-19-12-5-10-11(6-13(12)20-2)15-8-17(14(10)18)7-9-3-4-21-16-9/h3-6,8H,7H2,1-2H3. The van der Waals surface area contributed by atoms with Gasteiger partial charge in [-0.15, -0.1) is 0 Å². The van der Waals surface area contributed by atoms with Gasteiger partial charge in [0.05, 0.1) is 38.0 Å². The lowest BCUT2D eigenvalue weighted by Gasteiger charge is -2.09. The zero-order valence-electron chi connectivity index (χ0n) is 11.6. The Hall–Kier alpha value is -2.83. The van der Waals surface area contributed by atoms with Gasteiger partial charge >= 0.3 is 0 Å². The molecule has 2 heterocycles. The first-order valence-electron chi connectivity index (χ1n) is 6.23. The SMILES string of the molecule is COc1cc2ncn(Cc3ccon3)c(=O)c2cc1OC. The van der Waals surface area contributed by atoms with E-state index in [1.807, 2.05) is 0 Å². The van der Waals surface area contributed by atoms with Crippen molar-refractivity contribution in [1.82, 2.24) is 14.7 Å². The highest BCUT2D eigenvalue weighted by atomic mass is 16.5. The summed E-state index contributed by atoms with van der Waals surface area (Å²) in [6.45, 7) is 0.298. The number of ether oxygens (including phenoxy) is 2. The Kier molecular flexibility index (Phi) is 3.31. The van der Waals surface area contributed by atoms with Crippen molar-refractivity contribution >= 4 is 10.9 Å². The van der Waals surface area contributed by atoms with Gasteiger partial charge in [-0.3, -0.25) is 9.36 Å². The first-order valence-corrected chi connectivity index (χ1v) is 6.23. The van der Waals surface area contributed by atoms with Crippen LogP contribution in [0.1, 0.15) is 5.69 Å². The van der Waals surface area contributed by atoms with E-state index in [1.165, 1.54) is 31.4 Å². The molecule has 108 valence electrons. The lowest BCUT2D eigenvalue weighted by molar-refractivity contribution is 0.355. The summed E-state index contributed by atoms with van der Waals surface area (Å²) in [6, 6.07) is 5.00. The summed E-state index contributed by atoms with van der Waals surface area (Å²) in [6.07, 6.45) is 2.94. The van der Waals surface area contributed by atoms with Crippen molar-refractivity contribution in [2.75, 3.05) is 14.2 Å². The maximum Gasteiger partial charge on any atom is 0.261 e. The van der Waals surface area contributed by atoms with E-state index >= 15 is 0 Å². The zero-order valence-corrected chi connectivity index (χ0v) is 11.6. The predicted molar refractivity (Wildman–Crippen MR) is 74.7 cm³/mol. The second-order valence-electron chi connectivity index (χ2n) is 4.39. The van der Waals surface area contributed by atoms with Crippen LogP contribution in [-0.4, -0.2) is 28.9 Å². The highest BCUT2D eigenvalue weighted by Crippen LogP contribution is 2.29. The van der Waals surface area contributed by atoms with Crippen LogP contribution in [-0.2, 0) is 6.54 Å². The Morgan fingerprint density at radius 3 is 2.67 bits per heavy atom. The molecule has 0 bridgehead atoms. The summed E-state index contributed by atoms with van der Waals surface area (Å²) in [7, 11) is 3.06. The van der Waals surface area contributed by atoms with E-state index in [4.69, 9.17) is 14.0 Å². The van der Waals surface area contributed by atoms with E-state index in [1.54, 1.807) is 18.2 Å². The number of benzene rings is 1. The molecule has 0 aliphatic carbocycles. The van der Waals surface area contributed by atoms with Crippen LogP contribution in [0.4, 0.5) is 0 Å². The minimum atomic E-state index is -0.177. The fourth-order valence-corrected chi connectivity index (χ4v) is 2.09. The van der Waals surface area contributed by atoms with Crippen LogP contribution in [0.5, 0.6) is 11.5 Å². The normalized spacial score (nSPS) is 10.8. The molecule has 0 spiro atoms. The molecule has 2 aromatic heterocycles. The van der Waals surface area contributed by atoms with E-state index < -0.39 is 0 Å². The average Bonchev–Trinajstić information content (AvgIpc) is 3.02. The smallest absolute Gasteiger partial charge is 0.261 e. The molecule has 0 aliphatic heterocycles. The van der Waals surface area contributed by atoms with Gasteiger partial charge in [-0.25, -0.2) is 4.98 Å². The largest absolute Gasteiger partial charge is 0.493 e. The molecule has 0 radical (unpaired) electrons. The minimum absolute atomic E-state index is 0.177. The maximum atomic E-state index is 12.5.